The maximum atomic E-state index is 12.0. The van der Waals surface area contributed by atoms with Gasteiger partial charge in [-0.25, -0.2) is 4.79 Å². The van der Waals surface area contributed by atoms with Gasteiger partial charge in [-0.1, -0.05) is 19.4 Å². The van der Waals surface area contributed by atoms with E-state index in [4.69, 9.17) is 10.5 Å². The lowest BCUT2D eigenvalue weighted by Gasteiger charge is -2.07. The van der Waals surface area contributed by atoms with Crippen molar-refractivity contribution in [1.82, 2.24) is 0 Å². The summed E-state index contributed by atoms with van der Waals surface area (Å²) in [5, 5.41) is 2.80. The highest BCUT2D eigenvalue weighted by Crippen LogP contribution is 2.20. The number of anilines is 2. The summed E-state index contributed by atoms with van der Waals surface area (Å²) in [6, 6.07) is 14.1. The third kappa shape index (κ3) is 6.51. The highest BCUT2D eigenvalue weighted by Gasteiger charge is 2.08. The fourth-order valence-electron chi connectivity index (χ4n) is 2.03. The van der Waals surface area contributed by atoms with E-state index in [0.717, 1.165) is 17.7 Å². The predicted octanol–water partition coefficient (Wildman–Crippen LogP) is 3.96. The number of benzene rings is 2. The summed E-state index contributed by atoms with van der Waals surface area (Å²) in [6.45, 7) is 2.46. The van der Waals surface area contributed by atoms with E-state index < -0.39 is 0 Å². The van der Waals surface area contributed by atoms with Crippen LogP contribution in [0.1, 0.15) is 30.1 Å². The summed E-state index contributed by atoms with van der Waals surface area (Å²) in [7, 11) is 0. The minimum Gasteiger partial charge on any atom is -0.462 e. The Bertz CT molecular complexity index is 717. The first-order valence-electron chi connectivity index (χ1n) is 8.14. The lowest BCUT2D eigenvalue weighted by molar-refractivity contribution is -0.113. The number of thioether (sulfide) groups is 1. The Balaban J connectivity index is 1.81. The molecule has 3 N–H and O–H groups in total. The van der Waals surface area contributed by atoms with Gasteiger partial charge in [0.2, 0.25) is 5.91 Å². The number of unbranched alkanes of at least 4 members (excludes halogenated alkanes) is 1. The number of ether oxygens (including phenoxy) is 1. The quantitative estimate of drug-likeness (QED) is 0.323. The lowest BCUT2D eigenvalue weighted by atomic mass is 10.2. The number of hydrogen-bond donors (Lipinski definition) is 2. The van der Waals surface area contributed by atoms with Crippen molar-refractivity contribution in [1.29, 1.82) is 0 Å². The second-order valence-corrected chi connectivity index (χ2v) is 6.52. The van der Waals surface area contributed by atoms with Crippen LogP contribution in [0.15, 0.2) is 53.4 Å². The zero-order valence-corrected chi connectivity index (χ0v) is 15.0. The van der Waals surface area contributed by atoms with Gasteiger partial charge >= 0.3 is 5.97 Å². The molecule has 2 rings (SSSR count). The first kappa shape index (κ1) is 18.9. The van der Waals surface area contributed by atoms with Gasteiger partial charge in [0.15, 0.2) is 0 Å². The monoisotopic (exact) mass is 358 g/mol. The van der Waals surface area contributed by atoms with Crippen molar-refractivity contribution in [3.8, 4) is 0 Å². The molecule has 0 unspecified atom stereocenters. The number of nitrogens with two attached hydrogens (primary N) is 1. The fourth-order valence-corrected chi connectivity index (χ4v) is 2.80. The van der Waals surface area contributed by atoms with Gasteiger partial charge in [0.1, 0.15) is 0 Å². The number of hydrogen-bond acceptors (Lipinski definition) is 5. The van der Waals surface area contributed by atoms with E-state index in [1.54, 1.807) is 30.3 Å². The third-order valence-corrected chi connectivity index (χ3v) is 4.36. The SMILES string of the molecule is CCCCOC(=O)c1ccc(NC(=O)CSc2cccc(N)c2)cc1. The molecule has 0 radical (unpaired) electrons. The van der Waals surface area contributed by atoms with Crippen molar-refractivity contribution in [2.75, 3.05) is 23.4 Å². The van der Waals surface area contributed by atoms with Gasteiger partial charge in [-0.2, -0.15) is 0 Å². The Morgan fingerprint density at radius 3 is 2.60 bits per heavy atom. The second-order valence-electron chi connectivity index (χ2n) is 5.48. The molecule has 1 amide bonds. The average Bonchev–Trinajstić information content (AvgIpc) is 2.61. The summed E-state index contributed by atoms with van der Waals surface area (Å²) >= 11 is 1.42. The predicted molar refractivity (Wildman–Crippen MR) is 102 cm³/mol. The molecule has 0 heterocycles. The Kier molecular flexibility index (Phi) is 7.35. The summed E-state index contributed by atoms with van der Waals surface area (Å²) in [5.74, 6) is -0.182. The van der Waals surface area contributed by atoms with Crippen molar-refractivity contribution in [3.63, 3.8) is 0 Å². The molecule has 5 nitrogen and oxygen atoms in total. The van der Waals surface area contributed by atoms with E-state index in [1.165, 1.54) is 11.8 Å². The van der Waals surface area contributed by atoms with Gasteiger partial charge in [-0.05, 0) is 48.9 Å². The lowest BCUT2D eigenvalue weighted by Crippen LogP contribution is -2.14. The smallest absolute Gasteiger partial charge is 0.338 e. The highest BCUT2D eigenvalue weighted by atomic mass is 32.2. The van der Waals surface area contributed by atoms with Crippen molar-refractivity contribution >= 4 is 35.0 Å². The standard InChI is InChI=1S/C19H22N2O3S/c1-2-3-11-24-19(23)14-7-9-16(10-8-14)21-18(22)13-25-17-6-4-5-15(20)12-17/h4-10,12H,2-3,11,13,20H2,1H3,(H,21,22). The van der Waals surface area contributed by atoms with E-state index >= 15 is 0 Å². The summed E-state index contributed by atoms with van der Waals surface area (Å²) < 4.78 is 5.15. The van der Waals surface area contributed by atoms with Gasteiger partial charge in [0, 0.05) is 16.3 Å². The Hall–Kier alpha value is -2.47. The van der Waals surface area contributed by atoms with Crippen molar-refractivity contribution in [2.45, 2.75) is 24.7 Å². The number of carbonyl (C=O) groups excluding carboxylic acids is 2. The van der Waals surface area contributed by atoms with Crippen LogP contribution < -0.4 is 11.1 Å². The molecule has 0 atom stereocenters. The van der Waals surface area contributed by atoms with Gasteiger partial charge < -0.3 is 15.8 Å². The fraction of sp³-hybridized carbons (Fsp3) is 0.263. The maximum Gasteiger partial charge on any atom is 0.338 e. The van der Waals surface area contributed by atoms with Crippen LogP contribution in [0.5, 0.6) is 0 Å². The van der Waals surface area contributed by atoms with E-state index in [0.29, 0.717) is 23.5 Å². The molecule has 2 aromatic carbocycles. The molecular formula is C19H22N2O3S. The van der Waals surface area contributed by atoms with E-state index in [9.17, 15) is 9.59 Å². The molecule has 6 heteroatoms. The van der Waals surface area contributed by atoms with Gasteiger partial charge in [0.25, 0.3) is 0 Å². The Labute approximate surface area is 151 Å². The normalized spacial score (nSPS) is 10.3. The highest BCUT2D eigenvalue weighted by molar-refractivity contribution is 8.00. The molecule has 0 aliphatic carbocycles. The van der Waals surface area contributed by atoms with Crippen LogP contribution in [-0.2, 0) is 9.53 Å². The van der Waals surface area contributed by atoms with Crippen LogP contribution in [0.4, 0.5) is 11.4 Å². The van der Waals surface area contributed by atoms with Crippen LogP contribution in [0, 0.1) is 0 Å². The molecule has 0 fully saturated rings. The molecule has 132 valence electrons. The van der Waals surface area contributed by atoms with Crippen LogP contribution in [0.3, 0.4) is 0 Å². The number of amides is 1. The first-order valence-corrected chi connectivity index (χ1v) is 9.12. The summed E-state index contributed by atoms with van der Waals surface area (Å²) in [6.07, 6.45) is 1.83. The zero-order valence-electron chi connectivity index (χ0n) is 14.2. The van der Waals surface area contributed by atoms with Crippen molar-refractivity contribution in [3.05, 3.63) is 54.1 Å². The number of nitrogen functional groups attached to an aromatic ring is 1. The number of rotatable bonds is 8. The maximum absolute atomic E-state index is 12.0. The molecule has 0 spiro atoms. The van der Waals surface area contributed by atoms with Crippen LogP contribution in [-0.4, -0.2) is 24.2 Å². The van der Waals surface area contributed by atoms with Crippen LogP contribution in [0.2, 0.25) is 0 Å². The third-order valence-electron chi connectivity index (χ3n) is 3.36. The Morgan fingerprint density at radius 2 is 1.92 bits per heavy atom. The van der Waals surface area contributed by atoms with E-state index in [-0.39, 0.29) is 17.6 Å². The molecule has 0 aliphatic heterocycles. The van der Waals surface area contributed by atoms with Crippen LogP contribution in [0.25, 0.3) is 0 Å². The number of carbonyl (C=O) groups is 2. The summed E-state index contributed by atoms with van der Waals surface area (Å²) in [5.41, 5.74) is 7.50. The van der Waals surface area contributed by atoms with Crippen molar-refractivity contribution < 1.29 is 14.3 Å². The van der Waals surface area contributed by atoms with Crippen molar-refractivity contribution in [2.24, 2.45) is 0 Å². The average molecular weight is 358 g/mol. The molecule has 2 aromatic rings. The zero-order chi connectivity index (χ0) is 18.1. The topological polar surface area (TPSA) is 81.4 Å². The molecule has 0 aromatic heterocycles. The molecule has 0 saturated carbocycles. The number of nitrogens with one attached hydrogen (secondary N) is 1. The van der Waals surface area contributed by atoms with Gasteiger partial charge in [-0.15, -0.1) is 11.8 Å². The minimum atomic E-state index is -0.344. The molecule has 0 aliphatic rings. The first-order chi connectivity index (χ1) is 12.1. The van der Waals surface area contributed by atoms with Crippen LogP contribution >= 0.6 is 11.8 Å². The second kappa shape index (κ2) is 9.74. The largest absolute Gasteiger partial charge is 0.462 e. The van der Waals surface area contributed by atoms with Gasteiger partial charge in [0.05, 0.1) is 17.9 Å². The number of esters is 1. The van der Waals surface area contributed by atoms with E-state index in [1.807, 2.05) is 25.1 Å². The van der Waals surface area contributed by atoms with Gasteiger partial charge in [-0.3, -0.25) is 4.79 Å². The molecular weight excluding hydrogens is 336 g/mol. The van der Waals surface area contributed by atoms with E-state index in [2.05, 4.69) is 5.32 Å². The molecule has 0 saturated heterocycles. The molecule has 0 bridgehead atoms. The molecule has 25 heavy (non-hydrogen) atoms. The summed E-state index contributed by atoms with van der Waals surface area (Å²) in [4.78, 5) is 24.8. The Morgan fingerprint density at radius 1 is 1.16 bits per heavy atom. The minimum absolute atomic E-state index is 0.120.